The van der Waals surface area contributed by atoms with Gasteiger partial charge in [0.15, 0.2) is 0 Å². The van der Waals surface area contributed by atoms with Crippen LogP contribution in [0.5, 0.6) is 0 Å². The van der Waals surface area contributed by atoms with Crippen LogP contribution in [0.1, 0.15) is 46.5 Å². The number of aliphatic hydroxyl groups excluding tert-OH is 1. The molecule has 4 nitrogen and oxygen atoms in total. The maximum absolute atomic E-state index is 12.5. The van der Waals surface area contributed by atoms with E-state index in [1.54, 1.807) is 0 Å². The highest BCUT2D eigenvalue weighted by Crippen LogP contribution is 2.45. The Balaban J connectivity index is 2.17. The number of rotatable bonds is 5. The van der Waals surface area contributed by atoms with Crippen LogP contribution >= 0.6 is 0 Å². The van der Waals surface area contributed by atoms with Crippen molar-refractivity contribution in [2.24, 2.45) is 23.7 Å². The van der Waals surface area contributed by atoms with Crippen LogP contribution < -0.4 is 0 Å². The highest BCUT2D eigenvalue weighted by atomic mass is 16.3. The summed E-state index contributed by atoms with van der Waals surface area (Å²) in [5.74, 6) is 0.576. The van der Waals surface area contributed by atoms with Crippen LogP contribution in [-0.4, -0.2) is 34.5 Å². The molecular formula is C15H25NO3. The number of hydrogen-bond donors (Lipinski definition) is 1. The molecule has 108 valence electrons. The molecule has 1 aliphatic heterocycles. The lowest BCUT2D eigenvalue weighted by Crippen LogP contribution is -2.44. The third kappa shape index (κ3) is 2.42. The molecule has 0 radical (unpaired) electrons. The average molecular weight is 267 g/mol. The molecule has 0 aromatic carbocycles. The lowest BCUT2D eigenvalue weighted by molar-refractivity contribution is -0.144. The summed E-state index contributed by atoms with van der Waals surface area (Å²) in [6.07, 6.45) is 3.28. The first-order chi connectivity index (χ1) is 9.01. The van der Waals surface area contributed by atoms with Gasteiger partial charge in [-0.15, -0.1) is 0 Å². The van der Waals surface area contributed by atoms with Gasteiger partial charge in [-0.2, -0.15) is 0 Å². The average Bonchev–Trinajstić information content (AvgIpc) is 2.89. The van der Waals surface area contributed by atoms with Crippen molar-refractivity contribution in [2.45, 2.75) is 52.5 Å². The fraction of sp³-hybridized carbons (Fsp3) is 0.867. The summed E-state index contributed by atoms with van der Waals surface area (Å²) in [7, 11) is 0. The minimum atomic E-state index is -0.143. The number of aliphatic hydroxyl groups is 1. The number of likely N-dealkylation sites (tertiary alicyclic amines) is 1. The van der Waals surface area contributed by atoms with Gasteiger partial charge in [-0.3, -0.25) is 14.5 Å². The zero-order valence-corrected chi connectivity index (χ0v) is 12.1. The van der Waals surface area contributed by atoms with Crippen molar-refractivity contribution in [3.63, 3.8) is 0 Å². The highest BCUT2D eigenvalue weighted by molar-refractivity contribution is 6.05. The Labute approximate surface area is 115 Å². The largest absolute Gasteiger partial charge is 0.396 e. The van der Waals surface area contributed by atoms with E-state index in [0.717, 1.165) is 19.3 Å². The minimum Gasteiger partial charge on any atom is -0.396 e. The van der Waals surface area contributed by atoms with E-state index in [-0.39, 0.29) is 42.2 Å². The maximum Gasteiger partial charge on any atom is 0.233 e. The van der Waals surface area contributed by atoms with Crippen molar-refractivity contribution < 1.29 is 14.7 Å². The number of imide groups is 1. The molecular weight excluding hydrogens is 242 g/mol. The summed E-state index contributed by atoms with van der Waals surface area (Å²) in [4.78, 5) is 26.5. The van der Waals surface area contributed by atoms with Gasteiger partial charge in [-0.1, -0.05) is 27.2 Å². The van der Waals surface area contributed by atoms with Crippen LogP contribution in [0.25, 0.3) is 0 Å². The van der Waals surface area contributed by atoms with Crippen molar-refractivity contribution in [2.75, 3.05) is 6.61 Å². The van der Waals surface area contributed by atoms with Gasteiger partial charge in [-0.25, -0.2) is 0 Å². The van der Waals surface area contributed by atoms with Crippen molar-refractivity contribution >= 4 is 11.8 Å². The fourth-order valence-corrected chi connectivity index (χ4v) is 3.71. The number of carbonyl (C=O) groups is 2. The molecule has 3 atom stereocenters. The lowest BCUT2D eigenvalue weighted by Gasteiger charge is -2.30. The topological polar surface area (TPSA) is 57.6 Å². The monoisotopic (exact) mass is 267 g/mol. The van der Waals surface area contributed by atoms with Crippen molar-refractivity contribution in [3.8, 4) is 0 Å². The van der Waals surface area contributed by atoms with Gasteiger partial charge in [0.2, 0.25) is 11.8 Å². The molecule has 3 unspecified atom stereocenters. The Bertz CT molecular complexity index is 342. The Morgan fingerprint density at radius 2 is 1.74 bits per heavy atom. The van der Waals surface area contributed by atoms with Gasteiger partial charge in [-0.05, 0) is 31.1 Å². The summed E-state index contributed by atoms with van der Waals surface area (Å²) in [5, 5.41) is 9.15. The van der Waals surface area contributed by atoms with Gasteiger partial charge >= 0.3 is 0 Å². The number of carbonyl (C=O) groups excluding carboxylic acids is 2. The number of nitrogens with zero attached hydrogens (tertiary/aromatic N) is 1. The van der Waals surface area contributed by atoms with E-state index >= 15 is 0 Å². The second-order valence-corrected chi connectivity index (χ2v) is 6.33. The Hall–Kier alpha value is -0.900. The maximum atomic E-state index is 12.5. The molecule has 0 spiro atoms. The SMILES string of the molecule is CCC1CC2C(=O)N(C(CCO)C(C)C)C(=O)C2C1. The highest BCUT2D eigenvalue weighted by Gasteiger charge is 2.54. The Morgan fingerprint density at radius 3 is 2.11 bits per heavy atom. The van der Waals surface area contributed by atoms with Crippen LogP contribution in [0.2, 0.25) is 0 Å². The van der Waals surface area contributed by atoms with E-state index in [4.69, 9.17) is 5.11 Å². The third-order valence-corrected chi connectivity index (χ3v) is 4.87. The molecule has 1 saturated heterocycles. The van der Waals surface area contributed by atoms with Crippen molar-refractivity contribution in [1.29, 1.82) is 0 Å². The molecule has 1 saturated carbocycles. The van der Waals surface area contributed by atoms with Gasteiger partial charge in [0.1, 0.15) is 0 Å². The van der Waals surface area contributed by atoms with Crippen LogP contribution in [0.15, 0.2) is 0 Å². The third-order valence-electron chi connectivity index (χ3n) is 4.87. The smallest absolute Gasteiger partial charge is 0.233 e. The number of fused-ring (bicyclic) bond motifs is 1. The minimum absolute atomic E-state index is 0.0121. The first kappa shape index (κ1) is 14.5. The second kappa shape index (κ2) is 5.61. The summed E-state index contributed by atoms with van der Waals surface area (Å²) in [6, 6.07) is -0.143. The molecule has 1 aliphatic carbocycles. The van der Waals surface area contributed by atoms with Crippen LogP contribution in [0.3, 0.4) is 0 Å². The standard InChI is InChI=1S/C15H25NO3/c1-4-10-7-11-12(8-10)15(19)16(14(11)18)13(5-6-17)9(2)3/h9-13,17H,4-8H2,1-3H3. The molecule has 0 bridgehead atoms. The lowest BCUT2D eigenvalue weighted by atomic mass is 9.98. The molecule has 2 fully saturated rings. The predicted molar refractivity (Wildman–Crippen MR) is 72.2 cm³/mol. The normalized spacial score (nSPS) is 32.3. The zero-order chi connectivity index (χ0) is 14.2. The quantitative estimate of drug-likeness (QED) is 0.773. The van der Waals surface area contributed by atoms with Gasteiger partial charge in [0.25, 0.3) is 0 Å². The van der Waals surface area contributed by atoms with E-state index in [9.17, 15) is 9.59 Å². The zero-order valence-electron chi connectivity index (χ0n) is 12.1. The first-order valence-electron chi connectivity index (χ1n) is 7.49. The van der Waals surface area contributed by atoms with Crippen molar-refractivity contribution in [3.05, 3.63) is 0 Å². The van der Waals surface area contributed by atoms with Crippen LogP contribution in [0, 0.1) is 23.7 Å². The molecule has 2 aliphatic rings. The van der Waals surface area contributed by atoms with Crippen molar-refractivity contribution in [1.82, 2.24) is 4.90 Å². The number of hydrogen-bond acceptors (Lipinski definition) is 3. The molecule has 19 heavy (non-hydrogen) atoms. The predicted octanol–water partition coefficient (Wildman–Crippen LogP) is 1.81. The van der Waals surface area contributed by atoms with E-state index in [1.807, 2.05) is 13.8 Å². The first-order valence-corrected chi connectivity index (χ1v) is 7.49. The van der Waals surface area contributed by atoms with Gasteiger partial charge in [0, 0.05) is 12.6 Å². The molecule has 4 heteroatoms. The fourth-order valence-electron chi connectivity index (χ4n) is 3.71. The van der Waals surface area contributed by atoms with Crippen LogP contribution in [0.4, 0.5) is 0 Å². The molecule has 2 amide bonds. The Morgan fingerprint density at radius 1 is 1.21 bits per heavy atom. The summed E-state index contributed by atoms with van der Waals surface area (Å²) in [5.41, 5.74) is 0. The second-order valence-electron chi connectivity index (χ2n) is 6.33. The summed E-state index contributed by atoms with van der Waals surface area (Å²) in [6.45, 7) is 6.15. The van der Waals surface area contributed by atoms with E-state index in [2.05, 4.69) is 6.92 Å². The molecule has 1 N–H and O–H groups in total. The molecule has 1 heterocycles. The van der Waals surface area contributed by atoms with Gasteiger partial charge in [0.05, 0.1) is 11.8 Å². The van der Waals surface area contributed by atoms with Crippen LogP contribution in [-0.2, 0) is 9.59 Å². The molecule has 0 aromatic rings. The Kier molecular flexibility index (Phi) is 4.29. The summed E-state index contributed by atoms with van der Waals surface area (Å²) < 4.78 is 0. The summed E-state index contributed by atoms with van der Waals surface area (Å²) >= 11 is 0. The number of amides is 2. The van der Waals surface area contributed by atoms with E-state index < -0.39 is 0 Å². The van der Waals surface area contributed by atoms with E-state index in [1.165, 1.54) is 4.90 Å². The molecule has 2 rings (SSSR count). The molecule has 0 aromatic heterocycles. The van der Waals surface area contributed by atoms with Gasteiger partial charge < -0.3 is 5.11 Å². The van der Waals surface area contributed by atoms with E-state index in [0.29, 0.717) is 12.3 Å².